The van der Waals surface area contributed by atoms with E-state index < -0.39 is 0 Å². The van der Waals surface area contributed by atoms with Gasteiger partial charge >= 0.3 is 0 Å². The molecule has 2 nitrogen and oxygen atoms in total. The van der Waals surface area contributed by atoms with Crippen molar-refractivity contribution in [3.05, 3.63) is 0 Å². The third-order valence-electron chi connectivity index (χ3n) is 3.09. The van der Waals surface area contributed by atoms with Crippen molar-refractivity contribution in [3.63, 3.8) is 0 Å². The highest BCUT2D eigenvalue weighted by atomic mass is 16.5. The summed E-state index contributed by atoms with van der Waals surface area (Å²) in [5, 5.41) is 0. The Kier molecular flexibility index (Phi) is 15.8. The molecule has 0 heterocycles. The second kappa shape index (κ2) is 15.9. The van der Waals surface area contributed by atoms with Gasteiger partial charge in [-0.2, -0.15) is 0 Å². The first kappa shape index (κ1) is 16.9. The fourth-order valence-corrected chi connectivity index (χ4v) is 1.96. The number of hydrogen-bond acceptors (Lipinski definition) is 1. The molecule has 102 valence electrons. The fourth-order valence-electron chi connectivity index (χ4n) is 1.96. The van der Waals surface area contributed by atoms with E-state index in [4.69, 9.17) is 10.5 Å². The van der Waals surface area contributed by atoms with Crippen molar-refractivity contribution in [1.82, 2.24) is 5.73 Å². The summed E-state index contributed by atoms with van der Waals surface area (Å²) in [6, 6.07) is 0. The zero-order chi connectivity index (χ0) is 12.6. The number of nitrogens with zero attached hydrogens (tertiary/aromatic N) is 1. The van der Waals surface area contributed by atoms with E-state index in [2.05, 4.69) is 6.92 Å². The van der Waals surface area contributed by atoms with Crippen LogP contribution in [0.5, 0.6) is 0 Å². The number of hydrogen-bond donors (Lipinski definition) is 0. The second-order valence-corrected chi connectivity index (χ2v) is 4.87. The predicted molar refractivity (Wildman–Crippen MR) is 74.3 cm³/mol. The molecule has 0 aliphatic rings. The summed E-state index contributed by atoms with van der Waals surface area (Å²) in [6.07, 6.45) is 14.4. The van der Waals surface area contributed by atoms with Crippen molar-refractivity contribution in [2.24, 2.45) is 0 Å². The highest BCUT2D eigenvalue weighted by molar-refractivity contribution is 4.47. The monoisotopic (exact) mass is 241 g/mol. The van der Waals surface area contributed by atoms with Crippen LogP contribution >= 0.6 is 0 Å². The van der Waals surface area contributed by atoms with Gasteiger partial charge in [-0.3, -0.25) is 0 Å². The van der Waals surface area contributed by atoms with E-state index in [-0.39, 0.29) is 6.54 Å². The molecule has 0 spiro atoms. The van der Waals surface area contributed by atoms with Crippen LogP contribution in [-0.2, 0) is 4.74 Å². The summed E-state index contributed by atoms with van der Waals surface area (Å²) < 4.78 is 5.39. The van der Waals surface area contributed by atoms with Gasteiger partial charge in [-0.05, 0) is 12.8 Å². The number of rotatable bonds is 14. The molecular weight excluding hydrogens is 210 g/mol. The molecule has 0 saturated carbocycles. The Morgan fingerprint density at radius 1 is 0.647 bits per heavy atom. The van der Waals surface area contributed by atoms with Crippen molar-refractivity contribution in [3.8, 4) is 0 Å². The van der Waals surface area contributed by atoms with Crippen LogP contribution in [0, 0.1) is 0 Å². The molecule has 0 aromatic rings. The Hall–Kier alpha value is -0.0800. The SMILES string of the molecule is CCCCCCCCCCCCOCCC[N]. The highest BCUT2D eigenvalue weighted by Gasteiger charge is 1.93. The summed E-state index contributed by atoms with van der Waals surface area (Å²) in [7, 11) is 0. The molecule has 0 aromatic heterocycles. The first-order valence-corrected chi connectivity index (χ1v) is 7.60. The van der Waals surface area contributed by atoms with Crippen LogP contribution in [0.15, 0.2) is 0 Å². The van der Waals surface area contributed by atoms with Gasteiger partial charge in [0.2, 0.25) is 0 Å². The maximum absolute atomic E-state index is 8.56. The molecule has 0 bridgehead atoms. The van der Waals surface area contributed by atoms with Crippen LogP contribution < -0.4 is 5.73 Å². The van der Waals surface area contributed by atoms with Crippen LogP contribution in [0.1, 0.15) is 77.6 Å². The standard InChI is InChI=1S/C15H31NO/c1-2-3-4-5-6-7-8-9-10-11-14-17-15-12-13-16/h2-15H2,1H3. The van der Waals surface area contributed by atoms with Crippen molar-refractivity contribution in [1.29, 1.82) is 0 Å². The lowest BCUT2D eigenvalue weighted by Crippen LogP contribution is -1.99. The molecule has 17 heavy (non-hydrogen) atoms. The van der Waals surface area contributed by atoms with Crippen molar-refractivity contribution < 1.29 is 4.74 Å². The van der Waals surface area contributed by atoms with Gasteiger partial charge in [-0.1, -0.05) is 64.7 Å². The van der Waals surface area contributed by atoms with E-state index in [9.17, 15) is 0 Å². The topological polar surface area (TPSA) is 31.5 Å². The smallest absolute Gasteiger partial charge is 0.0479 e. The minimum absolute atomic E-state index is 0.248. The largest absolute Gasteiger partial charge is 0.381 e. The van der Waals surface area contributed by atoms with Crippen molar-refractivity contribution in [2.75, 3.05) is 19.8 Å². The minimum atomic E-state index is 0.248. The molecule has 0 aliphatic carbocycles. The first-order valence-electron chi connectivity index (χ1n) is 7.60. The lowest BCUT2D eigenvalue weighted by atomic mass is 10.1. The number of unbranched alkanes of at least 4 members (excludes halogenated alkanes) is 9. The van der Waals surface area contributed by atoms with Crippen LogP contribution in [-0.4, -0.2) is 19.8 Å². The first-order chi connectivity index (χ1) is 8.41. The molecule has 0 N–H and O–H groups in total. The second-order valence-electron chi connectivity index (χ2n) is 4.87. The Bertz CT molecular complexity index is 114. The Morgan fingerprint density at radius 3 is 1.65 bits per heavy atom. The zero-order valence-corrected chi connectivity index (χ0v) is 11.8. The van der Waals surface area contributed by atoms with E-state index in [1.807, 2.05) is 0 Å². The molecule has 0 fully saturated rings. The van der Waals surface area contributed by atoms with Gasteiger partial charge in [0.15, 0.2) is 0 Å². The maximum Gasteiger partial charge on any atom is 0.0479 e. The minimum Gasteiger partial charge on any atom is -0.381 e. The fraction of sp³-hybridized carbons (Fsp3) is 1.00. The molecule has 2 heteroatoms. The van der Waals surface area contributed by atoms with Gasteiger partial charge in [-0.25, -0.2) is 0 Å². The van der Waals surface area contributed by atoms with Crippen LogP contribution in [0.3, 0.4) is 0 Å². The van der Waals surface area contributed by atoms with E-state index in [1.165, 1.54) is 64.2 Å². The predicted octanol–water partition coefficient (Wildman–Crippen LogP) is 4.38. The Balaban J connectivity index is 2.85. The summed E-state index contributed by atoms with van der Waals surface area (Å²) in [5.74, 6) is 0. The molecule has 0 aliphatic heterocycles. The molecule has 0 unspecified atom stereocenters. The number of ether oxygens (including phenoxy) is 1. The van der Waals surface area contributed by atoms with Crippen molar-refractivity contribution >= 4 is 0 Å². The van der Waals surface area contributed by atoms with Gasteiger partial charge in [0.1, 0.15) is 0 Å². The third-order valence-corrected chi connectivity index (χ3v) is 3.09. The average Bonchev–Trinajstić information content (AvgIpc) is 2.35. The van der Waals surface area contributed by atoms with Gasteiger partial charge in [0, 0.05) is 19.8 Å². The van der Waals surface area contributed by atoms with Gasteiger partial charge in [0.25, 0.3) is 0 Å². The van der Waals surface area contributed by atoms with Gasteiger partial charge in [-0.15, -0.1) is 5.73 Å². The van der Waals surface area contributed by atoms with E-state index in [1.54, 1.807) is 0 Å². The van der Waals surface area contributed by atoms with Crippen LogP contribution in [0.25, 0.3) is 0 Å². The lowest BCUT2D eigenvalue weighted by molar-refractivity contribution is 0.128. The average molecular weight is 241 g/mol. The zero-order valence-electron chi connectivity index (χ0n) is 11.8. The highest BCUT2D eigenvalue weighted by Crippen LogP contribution is 2.10. The Morgan fingerprint density at radius 2 is 1.12 bits per heavy atom. The summed E-state index contributed by atoms with van der Waals surface area (Å²) in [5.41, 5.74) is 8.56. The molecule has 0 saturated heterocycles. The quantitative estimate of drug-likeness (QED) is 0.415. The Labute approximate surface area is 108 Å². The van der Waals surface area contributed by atoms with Crippen LogP contribution in [0.2, 0.25) is 0 Å². The lowest BCUT2D eigenvalue weighted by Gasteiger charge is -2.03. The molecule has 0 aromatic carbocycles. The molecule has 0 rings (SSSR count). The van der Waals surface area contributed by atoms with E-state index in [0.29, 0.717) is 6.61 Å². The van der Waals surface area contributed by atoms with E-state index in [0.717, 1.165) is 13.0 Å². The summed E-state index contributed by atoms with van der Waals surface area (Å²) in [4.78, 5) is 0. The normalized spacial score (nSPS) is 10.9. The molecule has 0 amide bonds. The van der Waals surface area contributed by atoms with Gasteiger partial charge in [0.05, 0.1) is 0 Å². The summed E-state index contributed by atoms with van der Waals surface area (Å²) in [6.45, 7) is 4.10. The third kappa shape index (κ3) is 15.9. The summed E-state index contributed by atoms with van der Waals surface area (Å²) >= 11 is 0. The van der Waals surface area contributed by atoms with Crippen molar-refractivity contribution in [2.45, 2.75) is 77.6 Å². The van der Waals surface area contributed by atoms with E-state index >= 15 is 0 Å². The molecule has 2 radical (unpaired) electrons. The maximum atomic E-state index is 8.56. The molecular formula is C15H31NO. The molecule has 0 atom stereocenters. The van der Waals surface area contributed by atoms with Gasteiger partial charge < -0.3 is 4.74 Å². The van der Waals surface area contributed by atoms with Crippen LogP contribution in [0.4, 0.5) is 0 Å².